The summed E-state index contributed by atoms with van der Waals surface area (Å²) in [6.45, 7) is 8.52. The van der Waals surface area contributed by atoms with Crippen molar-refractivity contribution in [3.63, 3.8) is 0 Å². The molecule has 1 N–H and O–H groups in total. The maximum atomic E-state index is 12.5. The number of aromatic nitrogens is 1. The van der Waals surface area contributed by atoms with Gasteiger partial charge in [0.15, 0.2) is 0 Å². The van der Waals surface area contributed by atoms with Gasteiger partial charge in [0.05, 0.1) is 18.5 Å². The summed E-state index contributed by atoms with van der Waals surface area (Å²) >= 11 is 0. The number of pyridine rings is 1. The smallest absolute Gasteiger partial charge is 0.349 e. The zero-order valence-corrected chi connectivity index (χ0v) is 15.6. The molecule has 2 fully saturated rings. The normalized spacial score (nSPS) is 21.3. The van der Waals surface area contributed by atoms with Crippen molar-refractivity contribution in [3.8, 4) is 6.57 Å². The molecule has 140 valence electrons. The van der Waals surface area contributed by atoms with Gasteiger partial charge >= 0.3 is 6.17 Å². The van der Waals surface area contributed by atoms with Crippen LogP contribution < -0.4 is 5.32 Å². The van der Waals surface area contributed by atoms with E-state index in [-0.39, 0.29) is 12.1 Å². The fourth-order valence-corrected chi connectivity index (χ4v) is 4.16. The molecule has 0 saturated carbocycles. The Kier molecular flexibility index (Phi) is 5.21. The summed E-state index contributed by atoms with van der Waals surface area (Å²) < 4.78 is 0. The van der Waals surface area contributed by atoms with Gasteiger partial charge in [-0.25, -0.2) is 0 Å². The Morgan fingerprint density at radius 2 is 2.04 bits per heavy atom. The second-order valence-corrected chi connectivity index (χ2v) is 7.43. The minimum absolute atomic E-state index is 0.128. The summed E-state index contributed by atoms with van der Waals surface area (Å²) in [6, 6.07) is 10.7. The number of carbonyl (C=O) groups is 1. The quantitative estimate of drug-likeness (QED) is 0.906. The lowest BCUT2D eigenvalue weighted by atomic mass is 10.0. The molecule has 3 heterocycles. The van der Waals surface area contributed by atoms with Crippen molar-refractivity contribution < 1.29 is 4.79 Å². The number of carbonyl (C=O) groups excluding carboxylic acids is 1. The topological polar surface area (TPSA) is 52.8 Å². The molecular formula is C21H26N5O+. The van der Waals surface area contributed by atoms with E-state index in [1.54, 1.807) is 0 Å². The van der Waals surface area contributed by atoms with Crippen molar-refractivity contribution in [1.82, 2.24) is 14.8 Å². The van der Waals surface area contributed by atoms with Gasteiger partial charge in [0, 0.05) is 42.9 Å². The molecule has 0 radical (unpaired) electrons. The third kappa shape index (κ3) is 3.88. The first-order valence-electron chi connectivity index (χ1n) is 9.77. The van der Waals surface area contributed by atoms with E-state index in [9.17, 15) is 4.79 Å². The number of nitrogens with one attached hydrogen (secondary N) is 1. The molecule has 1 atom stereocenters. The molecule has 4 rings (SSSR count). The Labute approximate surface area is 160 Å². The standard InChI is InChI=1S/C21H26N5O/c1-22-20-8-4-12-26(20)21(27)15-25-13-9-16(10-14-25)24-19-7-2-6-18-17(19)5-3-11-23-18/h1-3,5-7,11,16,20,24H,4,8-10,12-15H2/q+1/t20-/m0/s1. The Morgan fingerprint density at radius 1 is 1.19 bits per heavy atom. The average Bonchev–Trinajstić information content (AvgIpc) is 3.19. The highest BCUT2D eigenvalue weighted by atomic mass is 16.2. The molecule has 0 aliphatic carbocycles. The predicted octanol–water partition coefficient (Wildman–Crippen LogP) is 3.02. The van der Waals surface area contributed by atoms with E-state index in [0.29, 0.717) is 12.6 Å². The molecule has 6 heteroatoms. The van der Waals surface area contributed by atoms with Gasteiger partial charge in [-0.3, -0.25) is 19.6 Å². The first-order valence-corrected chi connectivity index (χ1v) is 9.77. The number of hydrogen-bond donors (Lipinski definition) is 1. The van der Waals surface area contributed by atoms with Gasteiger partial charge in [-0.15, -0.1) is 0 Å². The Hall–Kier alpha value is -2.65. The highest BCUT2D eigenvalue weighted by molar-refractivity contribution is 5.91. The Balaban J connectivity index is 1.31. The van der Waals surface area contributed by atoms with Gasteiger partial charge in [0.25, 0.3) is 6.57 Å². The van der Waals surface area contributed by atoms with Crippen LogP contribution in [-0.2, 0) is 4.79 Å². The van der Waals surface area contributed by atoms with Crippen LogP contribution in [0.15, 0.2) is 36.5 Å². The van der Waals surface area contributed by atoms with Crippen LogP contribution in [0.2, 0.25) is 0 Å². The summed E-state index contributed by atoms with van der Waals surface area (Å²) in [5.74, 6) is 0.151. The second-order valence-electron chi connectivity index (χ2n) is 7.43. The predicted molar refractivity (Wildman–Crippen MR) is 108 cm³/mol. The first-order chi connectivity index (χ1) is 13.2. The summed E-state index contributed by atoms with van der Waals surface area (Å²) in [5, 5.41) is 4.83. The fourth-order valence-electron chi connectivity index (χ4n) is 4.16. The maximum Gasteiger partial charge on any atom is 0.349 e. The molecule has 2 saturated heterocycles. The molecular weight excluding hydrogens is 338 g/mol. The highest BCUT2D eigenvalue weighted by Crippen LogP contribution is 2.25. The third-order valence-corrected chi connectivity index (χ3v) is 5.67. The number of anilines is 1. The van der Waals surface area contributed by atoms with E-state index >= 15 is 0 Å². The van der Waals surface area contributed by atoms with Crippen LogP contribution in [0.5, 0.6) is 0 Å². The van der Waals surface area contributed by atoms with Gasteiger partial charge in [0.1, 0.15) is 0 Å². The zero-order valence-electron chi connectivity index (χ0n) is 15.6. The molecule has 6 nitrogen and oxygen atoms in total. The number of amides is 1. The van der Waals surface area contributed by atoms with Crippen LogP contribution in [0.25, 0.3) is 15.7 Å². The summed E-state index contributed by atoms with van der Waals surface area (Å²) in [6.07, 6.45) is 5.61. The van der Waals surface area contributed by atoms with Crippen molar-refractivity contribution in [1.29, 1.82) is 0 Å². The van der Waals surface area contributed by atoms with Gasteiger partial charge in [-0.05, 0) is 43.5 Å². The van der Waals surface area contributed by atoms with Crippen LogP contribution in [0, 0.1) is 6.57 Å². The van der Waals surface area contributed by atoms with E-state index in [0.717, 1.165) is 61.9 Å². The Morgan fingerprint density at radius 3 is 2.85 bits per heavy atom. The van der Waals surface area contributed by atoms with Crippen molar-refractivity contribution >= 4 is 22.5 Å². The summed E-state index contributed by atoms with van der Waals surface area (Å²) in [7, 11) is 0. The minimum Gasteiger partial charge on any atom is -0.382 e. The van der Waals surface area contributed by atoms with Gasteiger partial charge in [-0.2, -0.15) is 0 Å². The molecule has 2 aliphatic heterocycles. The molecule has 0 spiro atoms. The lowest BCUT2D eigenvalue weighted by Gasteiger charge is -2.33. The molecule has 0 unspecified atom stereocenters. The van der Waals surface area contributed by atoms with Crippen LogP contribution >= 0.6 is 0 Å². The van der Waals surface area contributed by atoms with Crippen molar-refractivity contribution in [2.24, 2.45) is 0 Å². The van der Waals surface area contributed by atoms with Crippen molar-refractivity contribution in [2.75, 3.05) is 31.5 Å². The SMILES string of the molecule is C#[N+][C@@H]1CCCN1C(=O)CN1CCC(Nc2cccc3ncccc23)CC1. The van der Waals surface area contributed by atoms with Crippen LogP contribution in [0.1, 0.15) is 25.7 Å². The number of fused-ring (bicyclic) bond motifs is 1. The molecule has 2 aromatic rings. The summed E-state index contributed by atoms with van der Waals surface area (Å²) in [5.41, 5.74) is 2.15. The number of hydrogen-bond acceptors (Lipinski definition) is 4. The third-order valence-electron chi connectivity index (χ3n) is 5.67. The number of benzene rings is 1. The van der Waals surface area contributed by atoms with Crippen LogP contribution in [0.4, 0.5) is 5.69 Å². The van der Waals surface area contributed by atoms with Crippen LogP contribution in [-0.4, -0.2) is 59.1 Å². The van der Waals surface area contributed by atoms with Crippen molar-refractivity contribution in [3.05, 3.63) is 41.4 Å². The maximum absolute atomic E-state index is 12.5. The van der Waals surface area contributed by atoms with E-state index in [4.69, 9.17) is 6.57 Å². The van der Waals surface area contributed by atoms with E-state index < -0.39 is 0 Å². The number of piperidine rings is 1. The van der Waals surface area contributed by atoms with Gasteiger partial charge in [-0.1, -0.05) is 10.9 Å². The van der Waals surface area contributed by atoms with E-state index in [1.165, 1.54) is 0 Å². The molecule has 1 amide bonds. The molecule has 2 aliphatic rings. The van der Waals surface area contributed by atoms with Crippen LogP contribution in [0.3, 0.4) is 0 Å². The van der Waals surface area contributed by atoms with E-state index in [1.807, 2.05) is 29.3 Å². The monoisotopic (exact) mass is 364 g/mol. The zero-order chi connectivity index (χ0) is 18.6. The Bertz CT molecular complexity index is 848. The molecule has 1 aromatic heterocycles. The lowest BCUT2D eigenvalue weighted by molar-refractivity contribution is -0.132. The van der Waals surface area contributed by atoms with Crippen molar-refractivity contribution in [2.45, 2.75) is 37.9 Å². The lowest BCUT2D eigenvalue weighted by Crippen LogP contribution is -2.46. The number of nitrogens with zero attached hydrogens (tertiary/aromatic N) is 4. The average molecular weight is 364 g/mol. The number of likely N-dealkylation sites (tertiary alicyclic amines) is 2. The largest absolute Gasteiger partial charge is 0.382 e. The minimum atomic E-state index is -0.128. The second kappa shape index (κ2) is 7.93. The van der Waals surface area contributed by atoms with E-state index in [2.05, 4.69) is 32.2 Å². The van der Waals surface area contributed by atoms with Gasteiger partial charge < -0.3 is 5.32 Å². The number of rotatable bonds is 4. The first kappa shape index (κ1) is 17.7. The summed E-state index contributed by atoms with van der Waals surface area (Å²) in [4.78, 5) is 24.9. The molecule has 27 heavy (non-hydrogen) atoms. The molecule has 0 bridgehead atoms. The van der Waals surface area contributed by atoms with Gasteiger partial charge in [0.2, 0.25) is 5.91 Å². The molecule has 1 aromatic carbocycles. The highest BCUT2D eigenvalue weighted by Gasteiger charge is 2.36. The fraction of sp³-hybridized carbons (Fsp3) is 0.476.